The third-order valence-electron chi connectivity index (χ3n) is 5.94. The van der Waals surface area contributed by atoms with Crippen LogP contribution in [-0.4, -0.2) is 53.4 Å². The molecule has 1 aliphatic carbocycles. The van der Waals surface area contributed by atoms with Gasteiger partial charge in [0, 0.05) is 36.8 Å². The number of nitrogens with zero attached hydrogens (tertiary/aromatic N) is 3. The summed E-state index contributed by atoms with van der Waals surface area (Å²) in [5.41, 5.74) is 7.16. The highest BCUT2D eigenvalue weighted by Crippen LogP contribution is 2.31. The van der Waals surface area contributed by atoms with Crippen LogP contribution in [-0.2, 0) is 16.1 Å². The fourth-order valence-electron chi connectivity index (χ4n) is 4.03. The van der Waals surface area contributed by atoms with E-state index in [1.54, 1.807) is 29.3 Å². The number of nitrogens with two attached hydrogens (primary N) is 1. The highest BCUT2D eigenvalue weighted by Gasteiger charge is 2.36. The summed E-state index contributed by atoms with van der Waals surface area (Å²) in [5, 5.41) is 0. The van der Waals surface area contributed by atoms with Crippen molar-refractivity contribution in [2.24, 2.45) is 11.7 Å². The first-order valence-electron chi connectivity index (χ1n) is 10.8. The van der Waals surface area contributed by atoms with E-state index in [9.17, 15) is 14.4 Å². The Morgan fingerprint density at radius 3 is 2.72 bits per heavy atom. The number of carbonyl (C=O) groups is 3. The van der Waals surface area contributed by atoms with Crippen LogP contribution in [0.5, 0.6) is 11.6 Å². The van der Waals surface area contributed by atoms with Gasteiger partial charge >= 0.3 is 0 Å². The minimum Gasteiger partial charge on any atom is -0.479 e. The number of fused-ring (bicyclic) bond motifs is 1. The van der Waals surface area contributed by atoms with Gasteiger partial charge < -0.3 is 25.0 Å². The number of rotatable bonds is 8. The second kappa shape index (κ2) is 8.14. The molecule has 3 aliphatic rings. The lowest BCUT2D eigenvalue weighted by Crippen LogP contribution is -2.34. The van der Waals surface area contributed by atoms with Crippen molar-refractivity contribution in [2.45, 2.75) is 31.9 Å². The van der Waals surface area contributed by atoms with E-state index in [0.717, 1.165) is 5.56 Å². The van der Waals surface area contributed by atoms with E-state index >= 15 is 0 Å². The second-order valence-corrected chi connectivity index (χ2v) is 8.44. The number of pyridine rings is 1. The number of anilines is 1. The first kappa shape index (κ1) is 20.3. The number of primary amides is 1. The number of hydrogen-bond donors (Lipinski definition) is 1. The Kier molecular flexibility index (Phi) is 5.16. The van der Waals surface area contributed by atoms with E-state index in [0.29, 0.717) is 54.9 Å². The Bertz CT molecular complexity index is 1070. The quantitative estimate of drug-likeness (QED) is 0.671. The summed E-state index contributed by atoms with van der Waals surface area (Å²) in [6.45, 7) is 1.38. The van der Waals surface area contributed by atoms with Gasteiger partial charge in [0.2, 0.25) is 11.8 Å². The molecular formula is C23H24N4O5. The van der Waals surface area contributed by atoms with E-state index in [-0.39, 0.29) is 18.4 Å². The molecule has 2 fully saturated rings. The van der Waals surface area contributed by atoms with E-state index in [1.807, 2.05) is 12.1 Å². The lowest BCUT2D eigenvalue weighted by atomic mass is 10.1. The van der Waals surface area contributed by atoms with E-state index in [4.69, 9.17) is 15.2 Å². The van der Waals surface area contributed by atoms with Crippen molar-refractivity contribution in [1.29, 1.82) is 0 Å². The third kappa shape index (κ3) is 4.10. The Morgan fingerprint density at radius 1 is 1.16 bits per heavy atom. The Balaban J connectivity index is 1.23. The molecule has 1 aromatic heterocycles. The molecule has 1 atom stereocenters. The van der Waals surface area contributed by atoms with Crippen LogP contribution in [0.3, 0.4) is 0 Å². The van der Waals surface area contributed by atoms with Crippen LogP contribution in [0.25, 0.3) is 0 Å². The highest BCUT2D eigenvalue weighted by atomic mass is 16.5. The van der Waals surface area contributed by atoms with E-state index in [1.165, 1.54) is 17.7 Å². The van der Waals surface area contributed by atoms with E-state index < -0.39 is 12.0 Å². The molecule has 32 heavy (non-hydrogen) atoms. The van der Waals surface area contributed by atoms with Gasteiger partial charge in [0.1, 0.15) is 5.75 Å². The minimum atomic E-state index is -0.620. The maximum atomic E-state index is 13.0. The summed E-state index contributed by atoms with van der Waals surface area (Å²) in [5.74, 6) is 0.731. The van der Waals surface area contributed by atoms with Crippen molar-refractivity contribution in [3.8, 4) is 11.6 Å². The van der Waals surface area contributed by atoms with Gasteiger partial charge in [-0.3, -0.25) is 14.4 Å². The average molecular weight is 436 g/mol. The van der Waals surface area contributed by atoms with Crippen LogP contribution in [0, 0.1) is 5.92 Å². The summed E-state index contributed by atoms with van der Waals surface area (Å²) in [4.78, 5) is 44.0. The van der Waals surface area contributed by atoms with Gasteiger partial charge in [-0.05, 0) is 42.5 Å². The molecule has 5 rings (SSSR count). The number of carbonyl (C=O) groups excluding carboxylic acids is 3. The maximum Gasteiger partial charge on any atom is 0.268 e. The number of ether oxygens (including phenoxy) is 2. The molecular weight excluding hydrogens is 412 g/mol. The molecule has 9 nitrogen and oxygen atoms in total. The molecule has 0 spiro atoms. The molecule has 1 saturated heterocycles. The van der Waals surface area contributed by atoms with Gasteiger partial charge in [0.05, 0.1) is 19.3 Å². The molecule has 2 N–H and O–H groups in total. The fraction of sp³-hybridized carbons (Fsp3) is 0.391. The van der Waals surface area contributed by atoms with Gasteiger partial charge in [-0.2, -0.15) is 0 Å². The Labute approximate surface area is 185 Å². The Morgan fingerprint density at radius 2 is 2.00 bits per heavy atom. The molecule has 1 aromatic carbocycles. The van der Waals surface area contributed by atoms with Gasteiger partial charge in [-0.25, -0.2) is 4.98 Å². The topological polar surface area (TPSA) is 115 Å². The zero-order valence-corrected chi connectivity index (χ0v) is 17.5. The molecule has 0 bridgehead atoms. The number of benzene rings is 1. The van der Waals surface area contributed by atoms with Crippen molar-refractivity contribution in [1.82, 2.24) is 9.88 Å². The summed E-state index contributed by atoms with van der Waals surface area (Å²) < 4.78 is 11.5. The predicted molar refractivity (Wildman–Crippen MR) is 114 cm³/mol. The van der Waals surface area contributed by atoms with Crippen molar-refractivity contribution in [2.75, 3.05) is 24.6 Å². The number of aromatic nitrogens is 1. The van der Waals surface area contributed by atoms with Crippen LogP contribution in [0.1, 0.15) is 35.2 Å². The number of amides is 3. The van der Waals surface area contributed by atoms with Crippen molar-refractivity contribution >= 4 is 23.4 Å². The van der Waals surface area contributed by atoms with Gasteiger partial charge in [0.15, 0.2) is 6.10 Å². The summed E-state index contributed by atoms with van der Waals surface area (Å²) in [6.07, 6.45) is 3.90. The van der Waals surface area contributed by atoms with Crippen LogP contribution >= 0.6 is 0 Å². The second-order valence-electron chi connectivity index (χ2n) is 8.44. The lowest BCUT2D eigenvalue weighted by Gasteiger charge is -2.18. The highest BCUT2D eigenvalue weighted by molar-refractivity contribution is 6.03. The SMILES string of the molecule is NC(=O)CN1Cc2ccc(N3CC[C@@H](Oc4ccc(OCC5CC5)nc4)C3=O)cc2C1=O. The van der Waals surface area contributed by atoms with Gasteiger partial charge in [-0.15, -0.1) is 0 Å². The molecule has 0 radical (unpaired) electrons. The van der Waals surface area contributed by atoms with E-state index in [2.05, 4.69) is 4.98 Å². The largest absolute Gasteiger partial charge is 0.479 e. The molecule has 3 amide bonds. The smallest absolute Gasteiger partial charge is 0.268 e. The first-order chi connectivity index (χ1) is 15.5. The molecule has 2 aliphatic heterocycles. The average Bonchev–Trinajstić information content (AvgIpc) is 3.48. The van der Waals surface area contributed by atoms with Crippen LogP contribution in [0.2, 0.25) is 0 Å². The van der Waals surface area contributed by atoms with Crippen LogP contribution < -0.4 is 20.1 Å². The summed E-state index contributed by atoms with van der Waals surface area (Å²) in [6, 6.07) is 8.83. The molecule has 166 valence electrons. The van der Waals surface area contributed by atoms with Crippen molar-refractivity contribution in [3.05, 3.63) is 47.7 Å². The van der Waals surface area contributed by atoms with Gasteiger partial charge in [-0.1, -0.05) is 6.07 Å². The van der Waals surface area contributed by atoms with Gasteiger partial charge in [0.25, 0.3) is 11.8 Å². The molecule has 9 heteroatoms. The van der Waals surface area contributed by atoms with Crippen molar-refractivity contribution < 1.29 is 23.9 Å². The maximum absolute atomic E-state index is 13.0. The zero-order chi connectivity index (χ0) is 22.2. The first-order valence-corrected chi connectivity index (χ1v) is 10.8. The predicted octanol–water partition coefficient (Wildman–Crippen LogP) is 1.50. The molecule has 1 saturated carbocycles. The van der Waals surface area contributed by atoms with Crippen molar-refractivity contribution in [3.63, 3.8) is 0 Å². The van der Waals surface area contributed by atoms with Crippen LogP contribution in [0.4, 0.5) is 5.69 Å². The Hall–Kier alpha value is -3.62. The minimum absolute atomic E-state index is 0.125. The third-order valence-corrected chi connectivity index (χ3v) is 5.94. The normalized spacial score (nSPS) is 19.9. The monoisotopic (exact) mass is 436 g/mol. The zero-order valence-electron chi connectivity index (χ0n) is 17.5. The summed E-state index contributed by atoms with van der Waals surface area (Å²) >= 11 is 0. The summed E-state index contributed by atoms with van der Waals surface area (Å²) in [7, 11) is 0. The molecule has 3 heterocycles. The molecule has 2 aromatic rings. The lowest BCUT2D eigenvalue weighted by molar-refractivity contribution is -0.123. The molecule has 0 unspecified atom stereocenters. The number of hydrogen-bond acceptors (Lipinski definition) is 6. The standard InChI is InChI=1S/C23H24N4O5/c24-20(28)12-26-11-15-3-4-16(9-18(15)22(26)29)27-8-7-19(23(27)30)32-17-5-6-21(25-10-17)31-13-14-1-2-14/h3-6,9-10,14,19H,1-2,7-8,11-13H2,(H2,24,28)/t19-/m1/s1. The van der Waals surface area contributed by atoms with Crippen LogP contribution in [0.15, 0.2) is 36.5 Å². The fourth-order valence-corrected chi connectivity index (χ4v) is 4.03.